The number of hydrogen-bond donors (Lipinski definition) is 0. The smallest absolute Gasteiger partial charge is 0.324 e. The van der Waals surface area contributed by atoms with E-state index in [1.54, 1.807) is 12.2 Å². The van der Waals surface area contributed by atoms with Gasteiger partial charge in [0.05, 0.1) is 14.2 Å². The van der Waals surface area contributed by atoms with Crippen LogP contribution in [0.25, 0.3) is 0 Å². The highest BCUT2D eigenvalue weighted by Gasteiger charge is 2.43. The predicted molar refractivity (Wildman–Crippen MR) is 45.6 cm³/mol. The molecule has 13 heavy (non-hydrogen) atoms. The Hall–Kier alpha value is -1.03. The molecule has 0 spiro atoms. The topological polar surface area (TPSA) is 27.7 Å². The van der Waals surface area contributed by atoms with Crippen LogP contribution < -0.4 is 0 Å². The zero-order valence-electron chi connectivity index (χ0n) is 7.96. The summed E-state index contributed by atoms with van der Waals surface area (Å²) in [5, 5.41) is 0. The zero-order valence-corrected chi connectivity index (χ0v) is 7.96. The first-order valence-corrected chi connectivity index (χ1v) is 3.92. The molecular formula is C9H13FO3. The van der Waals surface area contributed by atoms with Crippen molar-refractivity contribution < 1.29 is 18.6 Å². The summed E-state index contributed by atoms with van der Waals surface area (Å²) in [6.07, 6.45) is 3.82. The lowest BCUT2D eigenvalue weighted by atomic mass is 10.1. The molecule has 0 heterocycles. The summed E-state index contributed by atoms with van der Waals surface area (Å²) < 4.78 is 28.5. The summed E-state index contributed by atoms with van der Waals surface area (Å²) >= 11 is 0. The fraction of sp³-hybridized carbons (Fsp3) is 0.556. The normalized spacial score (nSPS) is 20.3. The van der Waals surface area contributed by atoms with Crippen LogP contribution in [-0.4, -0.2) is 27.2 Å². The van der Waals surface area contributed by atoms with E-state index in [1.165, 1.54) is 21.3 Å². The van der Waals surface area contributed by atoms with Crippen molar-refractivity contribution in [1.29, 1.82) is 0 Å². The monoisotopic (exact) mass is 188 g/mol. The Morgan fingerprint density at radius 2 is 1.62 bits per heavy atom. The first-order valence-electron chi connectivity index (χ1n) is 3.92. The van der Waals surface area contributed by atoms with Crippen LogP contribution in [0.2, 0.25) is 0 Å². The van der Waals surface area contributed by atoms with Gasteiger partial charge in [-0.25, -0.2) is 0 Å². The van der Waals surface area contributed by atoms with Crippen molar-refractivity contribution in [1.82, 2.24) is 0 Å². The van der Waals surface area contributed by atoms with Crippen molar-refractivity contribution in [3.05, 3.63) is 23.7 Å². The molecule has 0 saturated carbocycles. The molecule has 0 aromatic heterocycles. The quantitative estimate of drug-likeness (QED) is 0.675. The third-order valence-corrected chi connectivity index (χ3v) is 1.96. The Kier molecular flexibility index (Phi) is 2.93. The first kappa shape index (κ1) is 10.1. The second-order valence-electron chi connectivity index (χ2n) is 2.58. The van der Waals surface area contributed by atoms with Gasteiger partial charge in [-0.05, 0) is 18.6 Å². The van der Waals surface area contributed by atoms with E-state index < -0.39 is 5.85 Å². The van der Waals surface area contributed by atoms with Crippen LogP contribution >= 0.6 is 0 Å². The maximum atomic E-state index is 14.0. The van der Waals surface area contributed by atoms with Gasteiger partial charge in [0.1, 0.15) is 0 Å². The standard InChI is InChI=1S/C9H13FO3/c1-11-7-5-4-6-8(12-2)9(7,10)13-3/h5-6H,4H2,1-3H3. The molecule has 0 atom stereocenters. The molecule has 0 aromatic rings. The second-order valence-corrected chi connectivity index (χ2v) is 2.58. The Morgan fingerprint density at radius 1 is 1.15 bits per heavy atom. The van der Waals surface area contributed by atoms with Gasteiger partial charge in [-0.2, -0.15) is 4.39 Å². The summed E-state index contributed by atoms with van der Waals surface area (Å²) in [4.78, 5) is 0. The van der Waals surface area contributed by atoms with Crippen molar-refractivity contribution in [3.63, 3.8) is 0 Å². The second kappa shape index (κ2) is 3.79. The van der Waals surface area contributed by atoms with E-state index in [9.17, 15) is 4.39 Å². The molecule has 3 nitrogen and oxygen atoms in total. The number of halogens is 1. The maximum Gasteiger partial charge on any atom is 0.324 e. The van der Waals surface area contributed by atoms with Crippen molar-refractivity contribution in [2.75, 3.05) is 21.3 Å². The van der Waals surface area contributed by atoms with Crippen molar-refractivity contribution >= 4 is 0 Å². The molecule has 0 radical (unpaired) electrons. The van der Waals surface area contributed by atoms with Gasteiger partial charge in [0.2, 0.25) is 0 Å². The Morgan fingerprint density at radius 3 is 1.92 bits per heavy atom. The SMILES string of the molecule is COC1=CCC=C(OC)C1(F)OC. The van der Waals surface area contributed by atoms with Crippen LogP contribution in [0.3, 0.4) is 0 Å². The van der Waals surface area contributed by atoms with Gasteiger partial charge in [-0.1, -0.05) is 0 Å². The lowest BCUT2D eigenvalue weighted by molar-refractivity contribution is -0.120. The minimum Gasteiger partial charge on any atom is -0.495 e. The summed E-state index contributed by atoms with van der Waals surface area (Å²) in [6.45, 7) is 0. The molecule has 0 bridgehead atoms. The molecule has 74 valence electrons. The highest BCUT2D eigenvalue weighted by molar-refractivity contribution is 5.26. The number of alkyl halides is 1. The van der Waals surface area contributed by atoms with Gasteiger partial charge in [0.15, 0.2) is 11.5 Å². The van der Waals surface area contributed by atoms with Crippen molar-refractivity contribution in [2.24, 2.45) is 0 Å². The predicted octanol–water partition coefficient (Wildman–Crippen LogP) is 1.76. The number of hydrogen-bond acceptors (Lipinski definition) is 3. The summed E-state index contributed by atoms with van der Waals surface area (Å²) in [7, 11) is 4.07. The summed E-state index contributed by atoms with van der Waals surface area (Å²) in [6, 6.07) is 0. The molecule has 0 fully saturated rings. The lowest BCUT2D eigenvalue weighted by Crippen LogP contribution is -2.34. The van der Waals surface area contributed by atoms with Gasteiger partial charge in [0.25, 0.3) is 0 Å². The van der Waals surface area contributed by atoms with Crippen LogP contribution in [0, 0.1) is 0 Å². The molecule has 1 aliphatic rings. The average molecular weight is 188 g/mol. The number of allylic oxidation sites excluding steroid dienone is 2. The highest BCUT2D eigenvalue weighted by Crippen LogP contribution is 2.35. The van der Waals surface area contributed by atoms with Gasteiger partial charge in [-0.3, -0.25) is 0 Å². The first-order chi connectivity index (χ1) is 6.19. The lowest BCUT2D eigenvalue weighted by Gasteiger charge is -2.29. The molecule has 0 unspecified atom stereocenters. The van der Waals surface area contributed by atoms with E-state index in [0.29, 0.717) is 6.42 Å². The summed E-state index contributed by atoms with van der Waals surface area (Å²) in [5.74, 6) is -1.80. The van der Waals surface area contributed by atoms with Gasteiger partial charge in [-0.15, -0.1) is 0 Å². The fourth-order valence-corrected chi connectivity index (χ4v) is 1.29. The van der Waals surface area contributed by atoms with E-state index in [4.69, 9.17) is 14.2 Å². The fourth-order valence-electron chi connectivity index (χ4n) is 1.29. The van der Waals surface area contributed by atoms with Crippen LogP contribution in [-0.2, 0) is 14.2 Å². The Balaban J connectivity index is 2.98. The minimum atomic E-state index is -2.07. The van der Waals surface area contributed by atoms with Crippen LogP contribution in [0.5, 0.6) is 0 Å². The molecular weight excluding hydrogens is 175 g/mol. The molecule has 1 rings (SSSR count). The van der Waals surface area contributed by atoms with Crippen LogP contribution in [0.4, 0.5) is 4.39 Å². The summed E-state index contributed by atoms with van der Waals surface area (Å²) in [5.41, 5.74) is 0. The third-order valence-electron chi connectivity index (χ3n) is 1.96. The minimum absolute atomic E-state index is 0.134. The van der Waals surface area contributed by atoms with Gasteiger partial charge in [0, 0.05) is 7.11 Å². The van der Waals surface area contributed by atoms with E-state index in [2.05, 4.69) is 0 Å². The van der Waals surface area contributed by atoms with Crippen molar-refractivity contribution in [3.8, 4) is 0 Å². The van der Waals surface area contributed by atoms with E-state index >= 15 is 0 Å². The molecule has 1 aliphatic carbocycles. The number of methoxy groups -OCH3 is 3. The van der Waals surface area contributed by atoms with E-state index in [1.807, 2.05) is 0 Å². The number of rotatable bonds is 3. The van der Waals surface area contributed by atoms with Gasteiger partial charge < -0.3 is 14.2 Å². The molecule has 0 saturated heterocycles. The Bertz CT molecular complexity index is 225. The van der Waals surface area contributed by atoms with Crippen LogP contribution in [0.15, 0.2) is 23.7 Å². The van der Waals surface area contributed by atoms with Crippen LogP contribution in [0.1, 0.15) is 6.42 Å². The number of ether oxygens (including phenoxy) is 3. The van der Waals surface area contributed by atoms with Crippen molar-refractivity contribution in [2.45, 2.75) is 12.3 Å². The molecule has 0 aliphatic heterocycles. The molecule has 0 N–H and O–H groups in total. The largest absolute Gasteiger partial charge is 0.495 e. The van der Waals surface area contributed by atoms with E-state index in [-0.39, 0.29) is 11.5 Å². The van der Waals surface area contributed by atoms with E-state index in [0.717, 1.165) is 0 Å². The molecule has 0 aromatic carbocycles. The third kappa shape index (κ3) is 1.54. The zero-order chi connectivity index (χ0) is 9.90. The molecule has 0 amide bonds. The maximum absolute atomic E-state index is 14.0. The molecule has 4 heteroatoms. The van der Waals surface area contributed by atoms with Gasteiger partial charge >= 0.3 is 5.85 Å². The average Bonchev–Trinajstić information content (AvgIpc) is 2.18. The Labute approximate surface area is 76.8 Å². The highest BCUT2D eigenvalue weighted by atomic mass is 19.2.